The van der Waals surface area contributed by atoms with Crippen molar-refractivity contribution in [3.05, 3.63) is 54.3 Å². The molecule has 1 aromatic rings. The average Bonchev–Trinajstić information content (AvgIpc) is 2.61. The van der Waals surface area contributed by atoms with E-state index in [-0.39, 0.29) is 11.7 Å². The summed E-state index contributed by atoms with van der Waals surface area (Å²) >= 11 is 0. The molecule has 8 heteroatoms. The molecule has 0 saturated carbocycles. The van der Waals surface area contributed by atoms with Crippen LogP contribution in [0.5, 0.6) is 0 Å². The molecule has 0 spiro atoms. The number of amides is 1. The van der Waals surface area contributed by atoms with Gasteiger partial charge in [-0.25, -0.2) is 8.42 Å². The Morgan fingerprint density at radius 2 is 2.04 bits per heavy atom. The van der Waals surface area contributed by atoms with Gasteiger partial charge in [0.1, 0.15) is 5.84 Å². The van der Waals surface area contributed by atoms with Crippen molar-refractivity contribution in [2.75, 3.05) is 37.3 Å². The van der Waals surface area contributed by atoms with Crippen molar-refractivity contribution in [2.45, 2.75) is 0 Å². The van der Waals surface area contributed by atoms with Gasteiger partial charge >= 0.3 is 0 Å². The SMILES string of the molecule is CN(CCNC(=O)C1=CN2CCS(=O)(=O)N=C2C=C1)c1ccccc1. The summed E-state index contributed by atoms with van der Waals surface area (Å²) in [5, 5.41) is 2.88. The largest absolute Gasteiger partial charge is 0.373 e. The molecular weight excluding hydrogens is 340 g/mol. The van der Waals surface area contributed by atoms with Crippen LogP contribution in [0, 0.1) is 0 Å². The van der Waals surface area contributed by atoms with Crippen LogP contribution in [-0.2, 0) is 14.8 Å². The third kappa shape index (κ3) is 4.27. The molecule has 25 heavy (non-hydrogen) atoms. The number of carbonyl (C=O) groups excluding carboxylic acids is 1. The van der Waals surface area contributed by atoms with Crippen LogP contribution in [0.15, 0.2) is 58.7 Å². The van der Waals surface area contributed by atoms with Crippen molar-refractivity contribution >= 4 is 27.5 Å². The first kappa shape index (κ1) is 17.2. The van der Waals surface area contributed by atoms with E-state index in [1.54, 1.807) is 23.3 Å². The molecule has 0 fully saturated rings. The molecule has 2 heterocycles. The maximum Gasteiger partial charge on any atom is 0.256 e. The number of hydrogen-bond donors (Lipinski definition) is 1. The van der Waals surface area contributed by atoms with E-state index in [0.29, 0.717) is 31.0 Å². The lowest BCUT2D eigenvalue weighted by molar-refractivity contribution is -0.117. The molecule has 0 radical (unpaired) electrons. The van der Waals surface area contributed by atoms with Crippen molar-refractivity contribution in [3.8, 4) is 0 Å². The first-order valence-corrected chi connectivity index (χ1v) is 9.59. The van der Waals surface area contributed by atoms with E-state index in [2.05, 4.69) is 14.6 Å². The summed E-state index contributed by atoms with van der Waals surface area (Å²) in [6, 6.07) is 9.93. The molecule has 2 aliphatic heterocycles. The summed E-state index contributed by atoms with van der Waals surface area (Å²) in [5.74, 6) is 0.120. The van der Waals surface area contributed by atoms with Crippen molar-refractivity contribution < 1.29 is 13.2 Å². The lowest BCUT2D eigenvalue weighted by atomic mass is 10.2. The first-order valence-electron chi connectivity index (χ1n) is 7.98. The van der Waals surface area contributed by atoms with Crippen LogP contribution < -0.4 is 10.2 Å². The lowest BCUT2D eigenvalue weighted by Crippen LogP contribution is -2.39. The molecule has 0 aliphatic carbocycles. The highest BCUT2D eigenvalue weighted by Crippen LogP contribution is 2.16. The van der Waals surface area contributed by atoms with Crippen molar-refractivity contribution in [1.29, 1.82) is 0 Å². The predicted molar refractivity (Wildman–Crippen MR) is 97.9 cm³/mol. The Labute approximate surface area is 147 Å². The molecule has 1 N–H and O–H groups in total. The number of fused-ring (bicyclic) bond motifs is 1. The van der Waals surface area contributed by atoms with Gasteiger partial charge in [-0.2, -0.15) is 0 Å². The minimum Gasteiger partial charge on any atom is -0.373 e. The zero-order valence-electron chi connectivity index (χ0n) is 13.9. The molecule has 7 nitrogen and oxygen atoms in total. The van der Waals surface area contributed by atoms with Gasteiger partial charge in [-0.1, -0.05) is 18.2 Å². The molecule has 0 atom stereocenters. The van der Waals surface area contributed by atoms with E-state index in [0.717, 1.165) is 5.69 Å². The van der Waals surface area contributed by atoms with Gasteiger partial charge in [0.15, 0.2) is 0 Å². The van der Waals surface area contributed by atoms with Crippen LogP contribution in [0.25, 0.3) is 0 Å². The van der Waals surface area contributed by atoms with E-state index in [9.17, 15) is 13.2 Å². The minimum absolute atomic E-state index is 0.0440. The Morgan fingerprint density at radius 3 is 2.80 bits per heavy atom. The lowest BCUT2D eigenvalue weighted by Gasteiger charge is -2.27. The van der Waals surface area contributed by atoms with Crippen molar-refractivity contribution in [3.63, 3.8) is 0 Å². The third-order valence-electron chi connectivity index (χ3n) is 4.02. The zero-order valence-corrected chi connectivity index (χ0v) is 14.7. The van der Waals surface area contributed by atoms with Crippen LogP contribution in [0.3, 0.4) is 0 Å². The molecule has 3 rings (SSSR count). The normalized spacial score (nSPS) is 18.0. The highest BCUT2D eigenvalue weighted by atomic mass is 32.2. The molecule has 132 valence electrons. The van der Waals surface area contributed by atoms with E-state index >= 15 is 0 Å². The Kier molecular flexibility index (Phi) is 4.89. The summed E-state index contributed by atoms with van der Waals surface area (Å²) in [4.78, 5) is 16.0. The number of nitrogens with one attached hydrogen (secondary N) is 1. The standard InChI is InChI=1S/C17H20N4O3S/c1-20(15-5-3-2-4-6-15)10-9-18-17(22)14-7-8-16-19-25(23,24)12-11-21(16)13-14/h2-8,13H,9-12H2,1H3,(H,18,22). The van der Waals surface area contributed by atoms with Gasteiger partial charge in [0.2, 0.25) is 0 Å². The van der Waals surface area contributed by atoms with Crippen molar-refractivity contribution in [2.24, 2.45) is 4.40 Å². The topological polar surface area (TPSA) is 82.1 Å². The van der Waals surface area contributed by atoms with E-state index in [1.807, 2.05) is 37.4 Å². The number of nitrogens with zero attached hydrogens (tertiary/aromatic N) is 3. The van der Waals surface area contributed by atoms with Crippen molar-refractivity contribution in [1.82, 2.24) is 10.2 Å². The zero-order chi connectivity index (χ0) is 17.9. The van der Waals surface area contributed by atoms with E-state index in [4.69, 9.17) is 0 Å². The van der Waals surface area contributed by atoms with Gasteiger partial charge in [0, 0.05) is 38.6 Å². The van der Waals surface area contributed by atoms with Gasteiger partial charge in [-0.05, 0) is 24.3 Å². The van der Waals surface area contributed by atoms with Gasteiger partial charge in [0.25, 0.3) is 15.9 Å². The highest BCUT2D eigenvalue weighted by molar-refractivity contribution is 7.90. The number of amidine groups is 1. The number of para-hydroxylation sites is 1. The number of hydrogen-bond acceptors (Lipinski definition) is 5. The molecule has 1 amide bonds. The second kappa shape index (κ2) is 7.10. The van der Waals surface area contributed by atoms with Crippen LogP contribution in [0.4, 0.5) is 5.69 Å². The second-order valence-corrected chi connectivity index (χ2v) is 7.61. The molecule has 2 aliphatic rings. The van der Waals surface area contributed by atoms with Gasteiger partial charge in [0.05, 0.1) is 11.3 Å². The van der Waals surface area contributed by atoms with Gasteiger partial charge < -0.3 is 15.1 Å². The average molecular weight is 360 g/mol. The molecule has 0 bridgehead atoms. The summed E-state index contributed by atoms with van der Waals surface area (Å²) in [7, 11) is -1.41. The third-order valence-corrected chi connectivity index (χ3v) is 5.18. The highest BCUT2D eigenvalue weighted by Gasteiger charge is 2.24. The molecule has 0 unspecified atom stereocenters. The fraction of sp³-hybridized carbons (Fsp3) is 0.294. The minimum atomic E-state index is -3.38. The number of benzene rings is 1. The first-order chi connectivity index (χ1) is 11.9. The number of sulfonamides is 1. The van der Waals surface area contributed by atoms with E-state index < -0.39 is 10.0 Å². The maximum absolute atomic E-state index is 12.3. The Hall–Kier alpha value is -2.61. The summed E-state index contributed by atoms with van der Waals surface area (Å²) in [6.07, 6.45) is 4.79. The van der Waals surface area contributed by atoms with Crippen LogP contribution in [0.2, 0.25) is 0 Å². The molecular formula is C17H20N4O3S. The van der Waals surface area contributed by atoms with E-state index in [1.165, 1.54) is 0 Å². The molecule has 0 aromatic heterocycles. The van der Waals surface area contributed by atoms with Crippen LogP contribution in [-0.4, -0.2) is 57.5 Å². The maximum atomic E-state index is 12.3. The Morgan fingerprint density at radius 1 is 1.28 bits per heavy atom. The Bertz CT molecular complexity index is 844. The number of anilines is 1. The molecule has 1 aromatic carbocycles. The van der Waals surface area contributed by atoms with Gasteiger partial charge in [-0.15, -0.1) is 4.40 Å². The predicted octanol–water partition coefficient (Wildman–Crippen LogP) is 0.737. The smallest absolute Gasteiger partial charge is 0.256 e. The monoisotopic (exact) mass is 360 g/mol. The van der Waals surface area contributed by atoms with Crippen LogP contribution >= 0.6 is 0 Å². The number of rotatable bonds is 5. The summed E-state index contributed by atoms with van der Waals surface area (Å²) < 4.78 is 26.7. The quantitative estimate of drug-likeness (QED) is 0.837. The second-order valence-electron chi connectivity index (χ2n) is 5.86. The number of likely N-dealkylation sites (N-methyl/N-ethyl adjacent to an activating group) is 1. The Balaban J connectivity index is 1.55. The summed E-state index contributed by atoms with van der Waals surface area (Å²) in [5.41, 5.74) is 1.57. The fourth-order valence-corrected chi connectivity index (χ4v) is 3.56. The number of carbonyl (C=O) groups is 1. The summed E-state index contributed by atoms with van der Waals surface area (Å²) in [6.45, 7) is 1.49. The van der Waals surface area contributed by atoms with Gasteiger partial charge in [-0.3, -0.25) is 4.79 Å². The fourth-order valence-electron chi connectivity index (χ4n) is 2.59. The molecule has 0 saturated heterocycles. The van der Waals surface area contributed by atoms with Crippen LogP contribution in [0.1, 0.15) is 0 Å².